The highest BCUT2D eigenvalue weighted by Gasteiger charge is 2.09. The molecule has 0 aliphatic carbocycles. The summed E-state index contributed by atoms with van der Waals surface area (Å²) < 4.78 is 25.9. The van der Waals surface area contributed by atoms with Gasteiger partial charge in [-0.2, -0.15) is 13.4 Å². The van der Waals surface area contributed by atoms with Crippen LogP contribution in [0.2, 0.25) is 0 Å². The van der Waals surface area contributed by atoms with Crippen molar-refractivity contribution >= 4 is 22.0 Å². The van der Waals surface area contributed by atoms with E-state index in [-0.39, 0.29) is 17.3 Å². The number of rotatable bonds is 2. The molecular formula is C15H17N3O5S. The molecule has 0 aromatic heterocycles. The topological polar surface area (TPSA) is 156 Å². The average molecular weight is 351 g/mol. The van der Waals surface area contributed by atoms with Crippen LogP contribution in [0.3, 0.4) is 0 Å². The van der Waals surface area contributed by atoms with Crippen molar-refractivity contribution in [2.24, 2.45) is 16.5 Å². The number of guanidine groups is 1. The maximum absolute atomic E-state index is 11.7. The van der Waals surface area contributed by atoms with Crippen LogP contribution in [0.1, 0.15) is 10.4 Å². The van der Waals surface area contributed by atoms with Gasteiger partial charge in [0.05, 0.1) is 6.26 Å². The molecule has 0 radical (unpaired) electrons. The van der Waals surface area contributed by atoms with Gasteiger partial charge in [-0.15, -0.1) is 0 Å². The van der Waals surface area contributed by atoms with Crippen LogP contribution in [-0.2, 0) is 10.1 Å². The lowest BCUT2D eigenvalue weighted by molar-refractivity contribution is 0.100. The number of nitrogens with zero attached hydrogens (tertiary/aromatic N) is 1. The molecule has 0 spiro atoms. The zero-order chi connectivity index (χ0) is 18.3. The lowest BCUT2D eigenvalue weighted by atomic mass is 10.0. The summed E-state index contributed by atoms with van der Waals surface area (Å²) in [5.74, 6) is -0.918. The summed E-state index contributed by atoms with van der Waals surface area (Å²) in [7, 11) is -3.67. The fourth-order valence-corrected chi connectivity index (χ4v) is 1.71. The molecule has 2 rings (SSSR count). The van der Waals surface area contributed by atoms with E-state index < -0.39 is 16.0 Å². The molecule has 0 bridgehead atoms. The summed E-state index contributed by atoms with van der Waals surface area (Å²) in [5.41, 5.74) is 12.2. The first-order valence-corrected chi connectivity index (χ1v) is 8.37. The van der Waals surface area contributed by atoms with Gasteiger partial charge in [-0.1, -0.05) is 30.3 Å². The van der Waals surface area contributed by atoms with Crippen molar-refractivity contribution in [2.75, 3.05) is 6.26 Å². The van der Waals surface area contributed by atoms with Crippen LogP contribution in [0.25, 0.3) is 11.1 Å². The number of aliphatic imine (C=N–C) groups is 1. The third kappa shape index (κ3) is 7.38. The number of carbonyl (C=O) groups excluding carboxylic acids is 1. The van der Waals surface area contributed by atoms with Gasteiger partial charge in [-0.3, -0.25) is 9.35 Å². The largest absolute Gasteiger partial charge is 0.508 e. The number of phenolic OH excluding ortho intramolecular Hbond substituents is 1. The fourth-order valence-electron chi connectivity index (χ4n) is 1.71. The molecule has 9 heteroatoms. The van der Waals surface area contributed by atoms with E-state index in [4.69, 9.17) is 16.0 Å². The van der Waals surface area contributed by atoms with E-state index in [9.17, 15) is 18.3 Å². The van der Waals surface area contributed by atoms with E-state index in [1.165, 1.54) is 6.07 Å². The molecule has 2 aromatic rings. The van der Waals surface area contributed by atoms with Crippen molar-refractivity contribution < 1.29 is 22.9 Å². The Balaban J connectivity index is 0.000000505. The van der Waals surface area contributed by atoms with Crippen LogP contribution in [0.5, 0.6) is 5.75 Å². The third-order valence-electron chi connectivity index (χ3n) is 2.50. The molecule has 24 heavy (non-hydrogen) atoms. The van der Waals surface area contributed by atoms with Crippen molar-refractivity contribution in [3.8, 4) is 16.9 Å². The Labute approximate surface area is 139 Å². The van der Waals surface area contributed by atoms with Gasteiger partial charge < -0.3 is 16.6 Å². The van der Waals surface area contributed by atoms with Crippen molar-refractivity contribution in [1.29, 1.82) is 0 Å². The van der Waals surface area contributed by atoms with Crippen molar-refractivity contribution in [1.82, 2.24) is 0 Å². The van der Waals surface area contributed by atoms with Gasteiger partial charge in [-0.25, -0.2) is 0 Å². The Morgan fingerprint density at radius 2 is 1.58 bits per heavy atom. The van der Waals surface area contributed by atoms with Gasteiger partial charge in [0.15, 0.2) is 5.96 Å². The van der Waals surface area contributed by atoms with E-state index in [0.717, 1.165) is 11.1 Å². The van der Waals surface area contributed by atoms with Gasteiger partial charge in [0.1, 0.15) is 5.75 Å². The number of hydrogen-bond acceptors (Lipinski definition) is 4. The van der Waals surface area contributed by atoms with Gasteiger partial charge >= 0.3 is 0 Å². The summed E-state index contributed by atoms with van der Waals surface area (Å²) in [6, 6.07) is 13.9. The monoisotopic (exact) mass is 351 g/mol. The van der Waals surface area contributed by atoms with Crippen LogP contribution in [0, 0.1) is 0 Å². The number of benzene rings is 2. The number of aromatic hydroxyl groups is 1. The quantitative estimate of drug-likeness (QED) is 0.357. The first-order valence-electron chi connectivity index (χ1n) is 6.52. The highest BCUT2D eigenvalue weighted by Crippen LogP contribution is 2.25. The van der Waals surface area contributed by atoms with Crippen molar-refractivity contribution in [2.45, 2.75) is 0 Å². The van der Waals surface area contributed by atoms with Gasteiger partial charge in [0, 0.05) is 5.56 Å². The zero-order valence-electron chi connectivity index (χ0n) is 12.7. The summed E-state index contributed by atoms with van der Waals surface area (Å²) >= 11 is 0. The SMILES string of the molecule is CS(=O)(=O)O.NC(N)=NC(=O)c1cc(O)cc(-c2ccccc2)c1. The number of phenols is 1. The molecule has 0 atom stereocenters. The second-order valence-corrected chi connectivity index (χ2v) is 6.18. The van der Waals surface area contributed by atoms with Crippen molar-refractivity contribution in [3.05, 3.63) is 54.1 Å². The first-order chi connectivity index (χ1) is 11.1. The summed E-state index contributed by atoms with van der Waals surface area (Å²) in [6.45, 7) is 0. The Kier molecular flexibility index (Phi) is 6.45. The van der Waals surface area contributed by atoms with Gasteiger partial charge in [0.25, 0.3) is 16.0 Å². The smallest absolute Gasteiger partial charge is 0.280 e. The minimum Gasteiger partial charge on any atom is -0.508 e. The van der Waals surface area contributed by atoms with Crippen LogP contribution in [0.4, 0.5) is 0 Å². The van der Waals surface area contributed by atoms with E-state index in [0.29, 0.717) is 6.26 Å². The predicted octanol–water partition coefficient (Wildman–Crippen LogP) is 0.977. The molecule has 0 aliphatic rings. The molecule has 0 saturated heterocycles. The number of carbonyl (C=O) groups is 1. The molecule has 0 heterocycles. The molecule has 0 saturated carbocycles. The Morgan fingerprint density at radius 3 is 2.08 bits per heavy atom. The molecular weight excluding hydrogens is 334 g/mol. The lowest BCUT2D eigenvalue weighted by Gasteiger charge is -2.05. The summed E-state index contributed by atoms with van der Waals surface area (Å²) in [6.07, 6.45) is 0.715. The van der Waals surface area contributed by atoms with Crippen LogP contribution >= 0.6 is 0 Å². The van der Waals surface area contributed by atoms with Gasteiger partial charge in [0.2, 0.25) is 0 Å². The predicted molar refractivity (Wildman–Crippen MR) is 91.2 cm³/mol. The van der Waals surface area contributed by atoms with Crippen LogP contribution < -0.4 is 11.5 Å². The molecule has 2 aromatic carbocycles. The average Bonchev–Trinajstić information content (AvgIpc) is 2.45. The second-order valence-electron chi connectivity index (χ2n) is 4.71. The van der Waals surface area contributed by atoms with E-state index in [1.54, 1.807) is 12.1 Å². The minimum absolute atomic E-state index is 0.0181. The van der Waals surface area contributed by atoms with Gasteiger partial charge in [-0.05, 0) is 29.3 Å². The number of amides is 1. The molecule has 8 nitrogen and oxygen atoms in total. The third-order valence-corrected chi connectivity index (χ3v) is 2.50. The number of hydrogen-bond donors (Lipinski definition) is 4. The first kappa shape index (κ1) is 19.1. The van der Waals surface area contributed by atoms with E-state index >= 15 is 0 Å². The summed E-state index contributed by atoms with van der Waals surface area (Å²) in [4.78, 5) is 15.2. The molecule has 128 valence electrons. The number of nitrogens with two attached hydrogens (primary N) is 2. The maximum atomic E-state index is 11.7. The van der Waals surface area contributed by atoms with E-state index in [1.807, 2.05) is 30.3 Å². The highest BCUT2D eigenvalue weighted by molar-refractivity contribution is 7.85. The van der Waals surface area contributed by atoms with Crippen molar-refractivity contribution in [3.63, 3.8) is 0 Å². The molecule has 0 unspecified atom stereocenters. The molecule has 0 aliphatic heterocycles. The minimum atomic E-state index is -3.67. The highest BCUT2D eigenvalue weighted by atomic mass is 32.2. The maximum Gasteiger partial charge on any atom is 0.280 e. The standard InChI is InChI=1S/C14H13N3O2.CH4O3S/c15-14(16)17-13(19)11-6-10(7-12(18)8-11)9-4-2-1-3-5-9;1-5(2,3)4/h1-8,18H,(H4,15,16,17,19);1H3,(H,2,3,4). The van der Waals surface area contributed by atoms with Crippen LogP contribution in [0.15, 0.2) is 53.5 Å². The normalized spacial score (nSPS) is 10.2. The fraction of sp³-hybridized carbons (Fsp3) is 0.0667. The molecule has 6 N–H and O–H groups in total. The summed E-state index contributed by atoms with van der Waals surface area (Å²) in [5, 5.41) is 9.68. The second kappa shape index (κ2) is 8.09. The Morgan fingerprint density at radius 1 is 1.04 bits per heavy atom. The molecule has 0 fully saturated rings. The Bertz CT molecular complexity index is 837. The lowest BCUT2D eigenvalue weighted by Crippen LogP contribution is -2.24. The zero-order valence-corrected chi connectivity index (χ0v) is 13.6. The molecule has 1 amide bonds. The van der Waals surface area contributed by atoms with Crippen LogP contribution in [-0.4, -0.2) is 36.2 Å². The Hall–Kier alpha value is -2.91. The van der Waals surface area contributed by atoms with E-state index in [2.05, 4.69) is 4.99 Å².